The van der Waals surface area contributed by atoms with Crippen molar-refractivity contribution in [2.75, 3.05) is 45.8 Å². The number of piperazine rings is 1. The SMILES string of the molecule is CC(C)CNS(=O)(=O)N1CCN(CCN)CC1. The smallest absolute Gasteiger partial charge is 0.279 e. The highest BCUT2D eigenvalue weighted by molar-refractivity contribution is 7.87. The Kier molecular flexibility index (Phi) is 5.81. The molecule has 17 heavy (non-hydrogen) atoms. The van der Waals surface area contributed by atoms with Crippen LogP contribution >= 0.6 is 0 Å². The van der Waals surface area contributed by atoms with Crippen molar-refractivity contribution in [2.24, 2.45) is 11.7 Å². The number of hydrogen-bond acceptors (Lipinski definition) is 4. The van der Waals surface area contributed by atoms with Gasteiger partial charge in [0.05, 0.1) is 0 Å². The molecule has 7 heteroatoms. The summed E-state index contributed by atoms with van der Waals surface area (Å²) in [5, 5.41) is 0. The summed E-state index contributed by atoms with van der Waals surface area (Å²) in [5.74, 6) is 0.323. The Hall–Kier alpha value is -0.210. The fourth-order valence-corrected chi connectivity index (χ4v) is 3.11. The van der Waals surface area contributed by atoms with Gasteiger partial charge in [0.15, 0.2) is 0 Å². The lowest BCUT2D eigenvalue weighted by atomic mass is 10.2. The highest BCUT2D eigenvalue weighted by Gasteiger charge is 2.26. The molecule has 0 aromatic heterocycles. The molecule has 1 aliphatic heterocycles. The monoisotopic (exact) mass is 264 g/mol. The molecule has 3 N–H and O–H groups in total. The van der Waals surface area contributed by atoms with Crippen molar-refractivity contribution in [1.29, 1.82) is 0 Å². The normalized spacial score (nSPS) is 20.0. The maximum atomic E-state index is 11.9. The summed E-state index contributed by atoms with van der Waals surface area (Å²) >= 11 is 0. The first-order chi connectivity index (χ1) is 7.95. The van der Waals surface area contributed by atoms with Crippen molar-refractivity contribution in [3.63, 3.8) is 0 Å². The van der Waals surface area contributed by atoms with Crippen LogP contribution in [-0.4, -0.2) is 63.4 Å². The number of nitrogens with one attached hydrogen (secondary N) is 1. The molecule has 0 aromatic rings. The summed E-state index contributed by atoms with van der Waals surface area (Å²) in [6, 6.07) is 0. The van der Waals surface area contributed by atoms with E-state index in [2.05, 4.69) is 9.62 Å². The van der Waals surface area contributed by atoms with Gasteiger partial charge in [-0.3, -0.25) is 4.90 Å². The van der Waals surface area contributed by atoms with E-state index in [0.29, 0.717) is 32.1 Å². The third kappa shape index (κ3) is 4.89. The molecule has 0 unspecified atom stereocenters. The molecule has 1 saturated heterocycles. The maximum Gasteiger partial charge on any atom is 0.279 e. The molecule has 1 fully saturated rings. The maximum absolute atomic E-state index is 11.9. The largest absolute Gasteiger partial charge is 0.329 e. The Bertz CT molecular complexity index is 310. The molecule has 0 atom stereocenters. The van der Waals surface area contributed by atoms with Gasteiger partial charge in [0, 0.05) is 45.8 Å². The molecule has 102 valence electrons. The molecule has 0 spiro atoms. The zero-order valence-electron chi connectivity index (χ0n) is 10.7. The van der Waals surface area contributed by atoms with Crippen molar-refractivity contribution < 1.29 is 8.42 Å². The molecule has 0 saturated carbocycles. The lowest BCUT2D eigenvalue weighted by molar-refractivity contribution is 0.191. The van der Waals surface area contributed by atoms with E-state index in [4.69, 9.17) is 5.73 Å². The minimum atomic E-state index is -3.29. The number of hydrogen-bond donors (Lipinski definition) is 2. The van der Waals surface area contributed by atoms with Gasteiger partial charge in [0.2, 0.25) is 0 Å². The van der Waals surface area contributed by atoms with E-state index >= 15 is 0 Å². The van der Waals surface area contributed by atoms with Gasteiger partial charge in [-0.15, -0.1) is 0 Å². The van der Waals surface area contributed by atoms with E-state index in [9.17, 15) is 8.42 Å². The van der Waals surface area contributed by atoms with Crippen molar-refractivity contribution in [1.82, 2.24) is 13.9 Å². The van der Waals surface area contributed by atoms with E-state index in [1.54, 1.807) is 0 Å². The molecule has 1 aliphatic rings. The van der Waals surface area contributed by atoms with Gasteiger partial charge in [-0.2, -0.15) is 12.7 Å². The minimum absolute atomic E-state index is 0.323. The summed E-state index contributed by atoms with van der Waals surface area (Å²) in [4.78, 5) is 2.19. The van der Waals surface area contributed by atoms with Gasteiger partial charge < -0.3 is 5.73 Å². The zero-order chi connectivity index (χ0) is 12.9. The van der Waals surface area contributed by atoms with Gasteiger partial charge >= 0.3 is 0 Å². The first kappa shape index (κ1) is 14.8. The van der Waals surface area contributed by atoms with Crippen LogP contribution in [0, 0.1) is 5.92 Å². The van der Waals surface area contributed by atoms with Crippen LogP contribution in [0.15, 0.2) is 0 Å². The standard InChI is InChI=1S/C10H24N4O2S/c1-10(2)9-12-17(15,16)14-7-5-13(4-3-11)6-8-14/h10,12H,3-9,11H2,1-2H3. The number of nitrogens with two attached hydrogens (primary N) is 1. The molecule has 1 rings (SSSR count). The van der Waals surface area contributed by atoms with Crippen molar-refractivity contribution in [3.8, 4) is 0 Å². The van der Waals surface area contributed by atoms with Gasteiger partial charge in [-0.05, 0) is 5.92 Å². The van der Waals surface area contributed by atoms with Gasteiger partial charge in [0.1, 0.15) is 0 Å². The second-order valence-corrected chi connectivity index (χ2v) is 6.53. The van der Waals surface area contributed by atoms with Crippen LogP contribution in [0.3, 0.4) is 0 Å². The molecule has 0 bridgehead atoms. The quantitative estimate of drug-likeness (QED) is 0.648. The second kappa shape index (κ2) is 6.65. The Morgan fingerprint density at radius 2 is 1.82 bits per heavy atom. The first-order valence-corrected chi connectivity index (χ1v) is 7.57. The molecule has 0 aliphatic carbocycles. The fourth-order valence-electron chi connectivity index (χ4n) is 1.74. The molecular weight excluding hydrogens is 240 g/mol. The van der Waals surface area contributed by atoms with Crippen molar-refractivity contribution >= 4 is 10.2 Å². The first-order valence-electron chi connectivity index (χ1n) is 6.13. The number of rotatable bonds is 6. The lowest BCUT2D eigenvalue weighted by Crippen LogP contribution is -2.53. The van der Waals surface area contributed by atoms with Crippen LogP contribution in [0.5, 0.6) is 0 Å². The summed E-state index contributed by atoms with van der Waals surface area (Å²) in [5.41, 5.74) is 5.47. The van der Waals surface area contributed by atoms with E-state index in [1.165, 1.54) is 4.31 Å². The Morgan fingerprint density at radius 3 is 2.29 bits per heavy atom. The topological polar surface area (TPSA) is 78.7 Å². The fraction of sp³-hybridized carbons (Fsp3) is 1.00. The summed E-state index contributed by atoms with van der Waals surface area (Å²) in [6.45, 7) is 8.56. The average Bonchev–Trinajstić information content (AvgIpc) is 2.28. The molecular formula is C10H24N4O2S. The minimum Gasteiger partial charge on any atom is -0.329 e. The Morgan fingerprint density at radius 1 is 1.24 bits per heavy atom. The van der Waals surface area contributed by atoms with E-state index in [1.807, 2.05) is 13.8 Å². The second-order valence-electron chi connectivity index (χ2n) is 4.78. The van der Waals surface area contributed by atoms with Crippen LogP contribution < -0.4 is 10.5 Å². The summed E-state index contributed by atoms with van der Waals surface area (Å²) < 4.78 is 28.0. The van der Waals surface area contributed by atoms with E-state index < -0.39 is 10.2 Å². The summed E-state index contributed by atoms with van der Waals surface area (Å²) in [6.07, 6.45) is 0. The molecule has 0 amide bonds. The molecule has 6 nitrogen and oxygen atoms in total. The highest BCUT2D eigenvalue weighted by Crippen LogP contribution is 2.06. The zero-order valence-corrected chi connectivity index (χ0v) is 11.5. The van der Waals surface area contributed by atoms with Crippen LogP contribution in [0.2, 0.25) is 0 Å². The Balaban J connectivity index is 2.41. The molecule has 1 heterocycles. The lowest BCUT2D eigenvalue weighted by Gasteiger charge is -2.33. The van der Waals surface area contributed by atoms with Crippen LogP contribution in [0.4, 0.5) is 0 Å². The predicted molar refractivity (Wildman–Crippen MR) is 68.8 cm³/mol. The van der Waals surface area contributed by atoms with Gasteiger partial charge in [-0.1, -0.05) is 13.8 Å². The van der Waals surface area contributed by atoms with Crippen LogP contribution in [-0.2, 0) is 10.2 Å². The third-order valence-corrected chi connectivity index (χ3v) is 4.37. The predicted octanol–water partition coefficient (Wildman–Crippen LogP) is -0.947. The third-order valence-electron chi connectivity index (χ3n) is 2.79. The summed E-state index contributed by atoms with van der Waals surface area (Å²) in [7, 11) is -3.29. The van der Waals surface area contributed by atoms with Crippen LogP contribution in [0.1, 0.15) is 13.8 Å². The van der Waals surface area contributed by atoms with Crippen molar-refractivity contribution in [3.05, 3.63) is 0 Å². The molecule has 0 radical (unpaired) electrons. The number of nitrogens with zero attached hydrogens (tertiary/aromatic N) is 2. The van der Waals surface area contributed by atoms with Gasteiger partial charge in [0.25, 0.3) is 10.2 Å². The Labute approximate surface area is 104 Å². The average molecular weight is 264 g/mol. The van der Waals surface area contributed by atoms with Crippen LogP contribution in [0.25, 0.3) is 0 Å². The van der Waals surface area contributed by atoms with Gasteiger partial charge in [-0.25, -0.2) is 4.72 Å². The van der Waals surface area contributed by atoms with E-state index in [-0.39, 0.29) is 0 Å². The van der Waals surface area contributed by atoms with E-state index in [0.717, 1.165) is 19.6 Å². The highest BCUT2D eigenvalue weighted by atomic mass is 32.2. The van der Waals surface area contributed by atoms with Crippen molar-refractivity contribution in [2.45, 2.75) is 13.8 Å². The molecule has 0 aromatic carbocycles.